The molecule has 0 bridgehead atoms. The molecule has 0 aromatic heterocycles. The number of piperidine rings is 1. The molecule has 2 saturated heterocycles. The molecule has 0 spiro atoms. The van der Waals surface area contributed by atoms with E-state index in [1.165, 1.54) is 12.8 Å². The molecule has 0 radical (unpaired) electrons. The lowest BCUT2D eigenvalue weighted by Gasteiger charge is -2.35. The molecule has 0 aromatic rings. The lowest BCUT2D eigenvalue weighted by atomic mass is 9.92. The second-order valence-corrected chi connectivity index (χ2v) is 6.01. The molecule has 1 N–H and O–H groups in total. The van der Waals surface area contributed by atoms with Gasteiger partial charge in [0.05, 0.1) is 6.10 Å². The van der Waals surface area contributed by atoms with Crippen LogP contribution in [0, 0.1) is 11.8 Å². The van der Waals surface area contributed by atoms with E-state index in [-0.39, 0.29) is 6.03 Å². The number of rotatable bonds is 3. The average molecular weight is 254 g/mol. The van der Waals surface area contributed by atoms with E-state index in [9.17, 15) is 4.79 Å². The Morgan fingerprint density at radius 3 is 2.67 bits per heavy atom. The molecule has 2 amide bonds. The van der Waals surface area contributed by atoms with Gasteiger partial charge in [-0.15, -0.1) is 0 Å². The van der Waals surface area contributed by atoms with Gasteiger partial charge in [0, 0.05) is 26.2 Å². The van der Waals surface area contributed by atoms with Crippen molar-refractivity contribution in [2.45, 2.75) is 45.6 Å². The SMILES string of the molecule is CC1CC(C)CN(C(=O)NCCC2CCCO2)C1. The molecule has 4 heteroatoms. The van der Waals surface area contributed by atoms with Crippen LogP contribution in [0.2, 0.25) is 0 Å². The Balaban J connectivity index is 1.67. The van der Waals surface area contributed by atoms with Crippen molar-refractivity contribution in [2.75, 3.05) is 26.2 Å². The standard InChI is InChI=1S/C14H26N2O2/c1-11-8-12(2)10-16(9-11)14(17)15-6-5-13-4-3-7-18-13/h11-13H,3-10H2,1-2H3,(H,15,17). The second-order valence-electron chi connectivity index (χ2n) is 6.01. The molecule has 2 aliphatic heterocycles. The molecule has 18 heavy (non-hydrogen) atoms. The number of nitrogens with zero attached hydrogens (tertiary/aromatic N) is 1. The maximum absolute atomic E-state index is 12.0. The summed E-state index contributed by atoms with van der Waals surface area (Å²) in [7, 11) is 0. The van der Waals surface area contributed by atoms with E-state index in [0.717, 1.165) is 39.1 Å². The molecular weight excluding hydrogens is 228 g/mol. The Hall–Kier alpha value is -0.770. The summed E-state index contributed by atoms with van der Waals surface area (Å²) in [5, 5.41) is 3.03. The predicted molar refractivity (Wildman–Crippen MR) is 71.5 cm³/mol. The minimum Gasteiger partial charge on any atom is -0.378 e. The molecule has 0 aliphatic carbocycles. The summed E-state index contributed by atoms with van der Waals surface area (Å²) in [4.78, 5) is 14.0. The summed E-state index contributed by atoms with van der Waals surface area (Å²) in [5.41, 5.74) is 0. The molecular formula is C14H26N2O2. The monoisotopic (exact) mass is 254 g/mol. The largest absolute Gasteiger partial charge is 0.378 e. The molecule has 0 saturated carbocycles. The fourth-order valence-corrected chi connectivity index (χ4v) is 3.15. The molecule has 2 fully saturated rings. The van der Waals surface area contributed by atoms with Crippen LogP contribution in [-0.4, -0.2) is 43.3 Å². The van der Waals surface area contributed by atoms with Crippen molar-refractivity contribution >= 4 is 6.03 Å². The normalized spacial score (nSPS) is 32.6. The van der Waals surface area contributed by atoms with Crippen LogP contribution in [0.3, 0.4) is 0 Å². The number of urea groups is 1. The first-order valence-electron chi connectivity index (χ1n) is 7.29. The van der Waals surface area contributed by atoms with Gasteiger partial charge in [-0.1, -0.05) is 13.8 Å². The Morgan fingerprint density at radius 2 is 2.06 bits per heavy atom. The highest BCUT2D eigenvalue weighted by molar-refractivity contribution is 5.74. The van der Waals surface area contributed by atoms with Crippen LogP contribution < -0.4 is 5.32 Å². The van der Waals surface area contributed by atoms with E-state index in [4.69, 9.17) is 4.74 Å². The zero-order valence-electron chi connectivity index (χ0n) is 11.7. The molecule has 2 rings (SSSR count). The molecule has 3 atom stereocenters. The van der Waals surface area contributed by atoms with Gasteiger partial charge in [0.1, 0.15) is 0 Å². The maximum atomic E-state index is 12.0. The third-order valence-electron chi connectivity index (χ3n) is 3.92. The number of hydrogen-bond acceptors (Lipinski definition) is 2. The predicted octanol–water partition coefficient (Wildman–Crippen LogP) is 2.24. The first-order chi connectivity index (χ1) is 8.65. The third-order valence-corrected chi connectivity index (χ3v) is 3.92. The first kappa shape index (κ1) is 13.7. The summed E-state index contributed by atoms with van der Waals surface area (Å²) in [5.74, 6) is 1.25. The molecule has 2 aliphatic rings. The van der Waals surface area contributed by atoms with Crippen LogP contribution in [0.1, 0.15) is 39.5 Å². The summed E-state index contributed by atoms with van der Waals surface area (Å²) in [6.45, 7) is 7.87. The molecule has 0 aromatic carbocycles. The van der Waals surface area contributed by atoms with Crippen molar-refractivity contribution in [3.8, 4) is 0 Å². The highest BCUT2D eigenvalue weighted by Gasteiger charge is 2.25. The van der Waals surface area contributed by atoms with Crippen LogP contribution in [0.25, 0.3) is 0 Å². The van der Waals surface area contributed by atoms with Crippen molar-refractivity contribution < 1.29 is 9.53 Å². The van der Waals surface area contributed by atoms with Crippen molar-refractivity contribution in [3.05, 3.63) is 0 Å². The maximum Gasteiger partial charge on any atom is 0.317 e. The number of nitrogens with one attached hydrogen (secondary N) is 1. The van der Waals surface area contributed by atoms with Crippen LogP contribution in [0.5, 0.6) is 0 Å². The van der Waals surface area contributed by atoms with Crippen LogP contribution in [-0.2, 0) is 4.74 Å². The van der Waals surface area contributed by atoms with E-state index < -0.39 is 0 Å². The number of amides is 2. The lowest BCUT2D eigenvalue weighted by Crippen LogP contribution is -2.47. The van der Waals surface area contributed by atoms with E-state index in [2.05, 4.69) is 19.2 Å². The van der Waals surface area contributed by atoms with E-state index in [1.54, 1.807) is 0 Å². The number of ether oxygens (including phenoxy) is 1. The average Bonchev–Trinajstić information content (AvgIpc) is 2.80. The molecule has 2 heterocycles. The van der Waals surface area contributed by atoms with Gasteiger partial charge in [-0.25, -0.2) is 4.79 Å². The zero-order valence-corrected chi connectivity index (χ0v) is 11.7. The Labute approximate surface area is 110 Å². The van der Waals surface area contributed by atoms with Crippen molar-refractivity contribution in [2.24, 2.45) is 11.8 Å². The van der Waals surface area contributed by atoms with Gasteiger partial charge in [0.15, 0.2) is 0 Å². The van der Waals surface area contributed by atoms with Crippen molar-refractivity contribution in [3.63, 3.8) is 0 Å². The lowest BCUT2D eigenvalue weighted by molar-refractivity contribution is 0.103. The number of carbonyl (C=O) groups excluding carboxylic acids is 1. The van der Waals surface area contributed by atoms with E-state index in [0.29, 0.717) is 17.9 Å². The fourth-order valence-electron chi connectivity index (χ4n) is 3.15. The summed E-state index contributed by atoms with van der Waals surface area (Å²) < 4.78 is 5.55. The number of likely N-dealkylation sites (tertiary alicyclic amines) is 1. The highest BCUT2D eigenvalue weighted by atomic mass is 16.5. The van der Waals surface area contributed by atoms with Gasteiger partial charge in [0.25, 0.3) is 0 Å². The minimum absolute atomic E-state index is 0.103. The van der Waals surface area contributed by atoms with Gasteiger partial charge in [-0.2, -0.15) is 0 Å². The number of carbonyl (C=O) groups is 1. The number of hydrogen-bond donors (Lipinski definition) is 1. The van der Waals surface area contributed by atoms with Gasteiger partial charge in [0.2, 0.25) is 0 Å². The molecule has 104 valence electrons. The highest BCUT2D eigenvalue weighted by Crippen LogP contribution is 2.20. The van der Waals surface area contributed by atoms with Gasteiger partial charge in [-0.05, 0) is 37.5 Å². The minimum atomic E-state index is 0.103. The van der Waals surface area contributed by atoms with Crippen molar-refractivity contribution in [1.29, 1.82) is 0 Å². The van der Waals surface area contributed by atoms with E-state index >= 15 is 0 Å². The Kier molecular flexibility index (Phi) is 4.87. The Bertz CT molecular complexity index is 267. The summed E-state index contributed by atoms with van der Waals surface area (Å²) in [6, 6.07) is 0.103. The molecule has 3 unspecified atom stereocenters. The third kappa shape index (κ3) is 3.87. The van der Waals surface area contributed by atoms with Gasteiger partial charge < -0.3 is 15.0 Å². The van der Waals surface area contributed by atoms with Gasteiger partial charge >= 0.3 is 6.03 Å². The smallest absolute Gasteiger partial charge is 0.317 e. The first-order valence-corrected chi connectivity index (χ1v) is 7.29. The van der Waals surface area contributed by atoms with Crippen LogP contribution >= 0.6 is 0 Å². The Morgan fingerprint density at radius 1 is 1.33 bits per heavy atom. The topological polar surface area (TPSA) is 41.6 Å². The second kappa shape index (κ2) is 6.41. The van der Waals surface area contributed by atoms with Gasteiger partial charge in [-0.3, -0.25) is 0 Å². The van der Waals surface area contributed by atoms with Crippen molar-refractivity contribution in [1.82, 2.24) is 10.2 Å². The fraction of sp³-hybridized carbons (Fsp3) is 0.929. The zero-order chi connectivity index (χ0) is 13.0. The quantitative estimate of drug-likeness (QED) is 0.839. The molecule has 4 nitrogen and oxygen atoms in total. The van der Waals surface area contributed by atoms with Crippen LogP contribution in [0.4, 0.5) is 4.79 Å². The summed E-state index contributed by atoms with van der Waals surface area (Å²) in [6.07, 6.45) is 4.86. The van der Waals surface area contributed by atoms with E-state index in [1.807, 2.05) is 4.90 Å². The van der Waals surface area contributed by atoms with Crippen LogP contribution in [0.15, 0.2) is 0 Å². The summed E-state index contributed by atoms with van der Waals surface area (Å²) >= 11 is 0.